The number of aromatic nitrogens is 3. The number of rotatable bonds is 4. The third-order valence-corrected chi connectivity index (χ3v) is 4.78. The number of hydrogen-bond donors (Lipinski definition) is 1. The van der Waals surface area contributed by atoms with E-state index in [0.717, 1.165) is 42.0 Å². The molecule has 1 unspecified atom stereocenters. The first-order valence-corrected chi connectivity index (χ1v) is 8.80. The van der Waals surface area contributed by atoms with Crippen molar-refractivity contribution in [1.82, 2.24) is 20.1 Å². The highest BCUT2D eigenvalue weighted by Gasteiger charge is 2.27. The molecule has 1 N–H and O–H groups in total. The fourth-order valence-corrected chi connectivity index (χ4v) is 3.43. The van der Waals surface area contributed by atoms with Crippen LogP contribution >= 0.6 is 0 Å². The van der Waals surface area contributed by atoms with Gasteiger partial charge in [0.15, 0.2) is 11.5 Å². The standard InChI is InChI=1S/C20H19FN4O2/c1-27-14-9-7-13(8-10-14)25-18-6-2-5-17(15(18)12-23-25)24-20(26)19-16(21)4-3-11-22-19/h3-4,7-12,17H,2,5-6H2,1H3,(H,24,26). The van der Waals surface area contributed by atoms with Crippen molar-refractivity contribution in [3.8, 4) is 11.4 Å². The van der Waals surface area contributed by atoms with Crippen LogP contribution in [-0.2, 0) is 6.42 Å². The molecule has 0 bridgehead atoms. The molecule has 0 aliphatic heterocycles. The molecule has 1 aliphatic rings. The lowest BCUT2D eigenvalue weighted by Crippen LogP contribution is -2.32. The van der Waals surface area contributed by atoms with Gasteiger partial charge in [0.1, 0.15) is 5.75 Å². The topological polar surface area (TPSA) is 69.0 Å². The summed E-state index contributed by atoms with van der Waals surface area (Å²) >= 11 is 0. The lowest BCUT2D eigenvalue weighted by molar-refractivity contribution is 0.0923. The van der Waals surface area contributed by atoms with Gasteiger partial charge in [0.05, 0.1) is 25.0 Å². The predicted octanol–water partition coefficient (Wildman–Crippen LogP) is 3.22. The Kier molecular flexibility index (Phi) is 4.58. The molecule has 138 valence electrons. The van der Waals surface area contributed by atoms with Crippen LogP contribution in [0.1, 0.15) is 40.6 Å². The second-order valence-electron chi connectivity index (χ2n) is 6.41. The van der Waals surface area contributed by atoms with E-state index < -0.39 is 11.7 Å². The molecule has 1 amide bonds. The van der Waals surface area contributed by atoms with Crippen LogP contribution in [0.4, 0.5) is 4.39 Å². The highest BCUT2D eigenvalue weighted by Crippen LogP contribution is 2.31. The van der Waals surface area contributed by atoms with Crippen LogP contribution in [0.2, 0.25) is 0 Å². The molecule has 0 radical (unpaired) electrons. The van der Waals surface area contributed by atoms with Crippen molar-refractivity contribution in [3.05, 3.63) is 71.6 Å². The molecule has 6 nitrogen and oxygen atoms in total. The number of benzene rings is 1. The monoisotopic (exact) mass is 366 g/mol. The van der Waals surface area contributed by atoms with Crippen LogP contribution in [0.3, 0.4) is 0 Å². The number of nitrogens with one attached hydrogen (secondary N) is 1. The normalized spacial score (nSPS) is 15.9. The van der Waals surface area contributed by atoms with Crippen LogP contribution in [0, 0.1) is 5.82 Å². The molecular weight excluding hydrogens is 347 g/mol. The van der Waals surface area contributed by atoms with Gasteiger partial charge in [-0.15, -0.1) is 0 Å². The van der Waals surface area contributed by atoms with E-state index in [0.29, 0.717) is 0 Å². The summed E-state index contributed by atoms with van der Waals surface area (Å²) in [6.45, 7) is 0. The van der Waals surface area contributed by atoms with E-state index in [1.54, 1.807) is 13.3 Å². The molecule has 2 aromatic heterocycles. The average molecular weight is 366 g/mol. The average Bonchev–Trinajstić information content (AvgIpc) is 3.13. The minimum atomic E-state index is -0.625. The van der Waals surface area contributed by atoms with Gasteiger partial charge < -0.3 is 10.1 Å². The molecular formula is C20H19FN4O2. The van der Waals surface area contributed by atoms with Gasteiger partial charge in [-0.1, -0.05) is 0 Å². The van der Waals surface area contributed by atoms with Gasteiger partial charge in [-0.25, -0.2) is 14.1 Å². The van der Waals surface area contributed by atoms with E-state index in [4.69, 9.17) is 4.74 Å². The largest absolute Gasteiger partial charge is 0.497 e. The van der Waals surface area contributed by atoms with E-state index in [9.17, 15) is 9.18 Å². The van der Waals surface area contributed by atoms with E-state index in [1.807, 2.05) is 28.9 Å². The summed E-state index contributed by atoms with van der Waals surface area (Å²) in [7, 11) is 1.63. The second-order valence-corrected chi connectivity index (χ2v) is 6.41. The van der Waals surface area contributed by atoms with Gasteiger partial charge >= 0.3 is 0 Å². The highest BCUT2D eigenvalue weighted by atomic mass is 19.1. The Labute approximate surface area is 156 Å². The van der Waals surface area contributed by atoms with Crippen LogP contribution in [0.25, 0.3) is 5.69 Å². The Bertz CT molecular complexity index is 968. The second kappa shape index (κ2) is 7.19. The van der Waals surface area contributed by atoms with Crippen molar-refractivity contribution in [2.24, 2.45) is 0 Å². The number of pyridine rings is 1. The first kappa shape index (κ1) is 17.2. The van der Waals surface area contributed by atoms with Crippen LogP contribution in [0.15, 0.2) is 48.8 Å². The Morgan fingerprint density at radius 3 is 2.85 bits per heavy atom. The minimum Gasteiger partial charge on any atom is -0.497 e. The van der Waals surface area contributed by atoms with Crippen molar-refractivity contribution in [3.63, 3.8) is 0 Å². The van der Waals surface area contributed by atoms with Crippen LogP contribution in [0.5, 0.6) is 5.75 Å². The summed E-state index contributed by atoms with van der Waals surface area (Å²) < 4.78 is 20.9. The molecule has 0 saturated carbocycles. The Morgan fingerprint density at radius 1 is 1.30 bits per heavy atom. The molecule has 1 aromatic carbocycles. The number of nitrogens with zero attached hydrogens (tertiary/aromatic N) is 3. The van der Waals surface area contributed by atoms with Gasteiger partial charge in [0, 0.05) is 17.5 Å². The van der Waals surface area contributed by atoms with Crippen molar-refractivity contribution in [2.45, 2.75) is 25.3 Å². The molecule has 1 atom stereocenters. The Morgan fingerprint density at radius 2 is 2.11 bits per heavy atom. The lowest BCUT2D eigenvalue weighted by atomic mass is 9.92. The number of carbonyl (C=O) groups is 1. The summed E-state index contributed by atoms with van der Waals surface area (Å²) in [4.78, 5) is 16.3. The number of methoxy groups -OCH3 is 1. The zero-order valence-corrected chi connectivity index (χ0v) is 14.9. The SMILES string of the molecule is COc1ccc(-n2ncc3c2CCCC3NC(=O)c2ncccc2F)cc1. The van der Waals surface area contributed by atoms with Crippen molar-refractivity contribution >= 4 is 5.91 Å². The number of carbonyl (C=O) groups excluding carboxylic acids is 1. The van der Waals surface area contributed by atoms with Gasteiger partial charge in [-0.3, -0.25) is 4.79 Å². The maximum Gasteiger partial charge on any atom is 0.273 e. The minimum absolute atomic E-state index is 0.188. The summed E-state index contributed by atoms with van der Waals surface area (Å²) in [6.07, 6.45) is 5.74. The summed E-state index contributed by atoms with van der Waals surface area (Å²) in [5.41, 5.74) is 2.76. The van der Waals surface area contributed by atoms with Crippen molar-refractivity contribution in [2.75, 3.05) is 7.11 Å². The fourth-order valence-electron chi connectivity index (χ4n) is 3.43. The van der Waals surface area contributed by atoms with E-state index in [1.165, 1.54) is 18.3 Å². The first-order valence-electron chi connectivity index (χ1n) is 8.80. The molecule has 27 heavy (non-hydrogen) atoms. The number of hydrogen-bond acceptors (Lipinski definition) is 4. The fraction of sp³-hybridized carbons (Fsp3) is 0.250. The van der Waals surface area contributed by atoms with Gasteiger partial charge in [-0.2, -0.15) is 5.10 Å². The zero-order chi connectivity index (χ0) is 18.8. The molecule has 2 heterocycles. The zero-order valence-electron chi connectivity index (χ0n) is 14.9. The first-order chi connectivity index (χ1) is 13.2. The summed E-state index contributed by atoms with van der Waals surface area (Å²) in [5.74, 6) is -0.356. The number of fused-ring (bicyclic) bond motifs is 1. The van der Waals surface area contributed by atoms with Crippen molar-refractivity contribution in [1.29, 1.82) is 0 Å². The molecule has 3 aromatic rings. The Hall–Kier alpha value is -3.22. The summed E-state index contributed by atoms with van der Waals surface area (Å²) in [5, 5.41) is 7.41. The van der Waals surface area contributed by atoms with Gasteiger partial charge in [0.2, 0.25) is 0 Å². The van der Waals surface area contributed by atoms with Crippen LogP contribution in [-0.4, -0.2) is 27.8 Å². The lowest BCUT2D eigenvalue weighted by Gasteiger charge is -2.24. The Balaban J connectivity index is 1.60. The maximum absolute atomic E-state index is 13.8. The molecule has 1 aliphatic carbocycles. The third kappa shape index (κ3) is 3.28. The third-order valence-electron chi connectivity index (χ3n) is 4.78. The smallest absolute Gasteiger partial charge is 0.273 e. The summed E-state index contributed by atoms with van der Waals surface area (Å²) in [6, 6.07) is 10.1. The predicted molar refractivity (Wildman–Crippen MR) is 97.5 cm³/mol. The molecule has 0 spiro atoms. The quantitative estimate of drug-likeness (QED) is 0.770. The number of halogens is 1. The van der Waals surface area contributed by atoms with Crippen LogP contribution < -0.4 is 10.1 Å². The van der Waals surface area contributed by atoms with E-state index in [-0.39, 0.29) is 11.7 Å². The molecule has 0 saturated heterocycles. The number of amides is 1. The van der Waals surface area contributed by atoms with Gasteiger partial charge in [0.25, 0.3) is 5.91 Å². The van der Waals surface area contributed by atoms with Crippen molar-refractivity contribution < 1.29 is 13.9 Å². The molecule has 4 rings (SSSR count). The van der Waals surface area contributed by atoms with E-state index in [2.05, 4.69) is 15.4 Å². The highest BCUT2D eigenvalue weighted by molar-refractivity contribution is 5.92. The van der Waals surface area contributed by atoms with Gasteiger partial charge in [-0.05, 0) is 55.7 Å². The molecule has 0 fully saturated rings. The number of ether oxygens (including phenoxy) is 1. The van der Waals surface area contributed by atoms with E-state index >= 15 is 0 Å². The maximum atomic E-state index is 13.8. The molecule has 7 heteroatoms.